The molecule has 2 heterocycles. The fourth-order valence-corrected chi connectivity index (χ4v) is 5.68. The molecule has 0 unspecified atom stereocenters. The van der Waals surface area contributed by atoms with Crippen LogP contribution in [0.1, 0.15) is 52.8 Å². The van der Waals surface area contributed by atoms with Crippen molar-refractivity contribution in [2.45, 2.75) is 51.6 Å². The maximum atomic E-state index is 13.5. The largest absolute Gasteiger partial charge is 0.508 e. The predicted molar refractivity (Wildman–Crippen MR) is 143 cm³/mol. The van der Waals surface area contributed by atoms with Crippen molar-refractivity contribution in [3.05, 3.63) is 88.0 Å². The molecule has 2 aliphatic heterocycles. The standard InChI is InChI=1S/C30H33N3O4/c1-18-12-23(35)16-22-8-10-31-27(17-24(18)22)30(37)32-26-9-11-33(19(2)34)29-25(26)14-21(15-28(29)36)13-20-6-4-3-5-7-20/h3-7,12,14-16,26-27,31,35-36H,8-11,13,17H2,1-2H3,(H,32,37)/t26-,27+/m1/s1. The number of aromatic hydroxyl groups is 2. The number of phenols is 2. The highest BCUT2D eigenvalue weighted by atomic mass is 16.3. The van der Waals surface area contributed by atoms with Crippen molar-refractivity contribution >= 4 is 17.5 Å². The van der Waals surface area contributed by atoms with Crippen LogP contribution in [0.4, 0.5) is 5.69 Å². The fraction of sp³-hybridized carbons (Fsp3) is 0.333. The Morgan fingerprint density at radius 1 is 1.08 bits per heavy atom. The molecule has 2 amide bonds. The molecule has 2 aliphatic rings. The van der Waals surface area contributed by atoms with Gasteiger partial charge in [-0.25, -0.2) is 0 Å². The number of hydrogen-bond donors (Lipinski definition) is 4. The van der Waals surface area contributed by atoms with E-state index in [-0.39, 0.29) is 29.4 Å². The van der Waals surface area contributed by atoms with Crippen molar-refractivity contribution in [3.8, 4) is 11.5 Å². The Labute approximate surface area is 217 Å². The van der Waals surface area contributed by atoms with E-state index in [2.05, 4.69) is 10.6 Å². The van der Waals surface area contributed by atoms with Crippen molar-refractivity contribution < 1.29 is 19.8 Å². The van der Waals surface area contributed by atoms with Crippen LogP contribution in [0.5, 0.6) is 11.5 Å². The number of carbonyl (C=O) groups excluding carboxylic acids is 2. The number of nitrogens with zero attached hydrogens (tertiary/aromatic N) is 1. The third-order valence-corrected chi connectivity index (χ3v) is 7.47. The van der Waals surface area contributed by atoms with E-state index in [4.69, 9.17) is 0 Å². The smallest absolute Gasteiger partial charge is 0.237 e. The summed E-state index contributed by atoms with van der Waals surface area (Å²) in [5.74, 6) is 0.0482. The van der Waals surface area contributed by atoms with Gasteiger partial charge in [-0.3, -0.25) is 9.59 Å². The molecule has 0 radical (unpaired) electrons. The second kappa shape index (κ2) is 10.3. The van der Waals surface area contributed by atoms with Gasteiger partial charge in [-0.2, -0.15) is 0 Å². The van der Waals surface area contributed by atoms with Gasteiger partial charge < -0.3 is 25.7 Å². The first-order valence-corrected chi connectivity index (χ1v) is 12.8. The Hall–Kier alpha value is -3.84. The molecular formula is C30H33N3O4. The van der Waals surface area contributed by atoms with Gasteiger partial charge in [0.25, 0.3) is 0 Å². The summed E-state index contributed by atoms with van der Waals surface area (Å²) in [6, 6.07) is 16.5. The molecule has 0 aromatic heterocycles. The van der Waals surface area contributed by atoms with Crippen LogP contribution in [0.2, 0.25) is 0 Å². The molecule has 7 heteroatoms. The van der Waals surface area contributed by atoms with E-state index >= 15 is 0 Å². The number of carbonyl (C=O) groups is 2. The molecule has 3 aromatic rings. The first kappa shape index (κ1) is 24.8. The topological polar surface area (TPSA) is 102 Å². The molecule has 7 nitrogen and oxygen atoms in total. The minimum atomic E-state index is -0.417. The summed E-state index contributed by atoms with van der Waals surface area (Å²) < 4.78 is 0. The molecule has 2 atom stereocenters. The molecule has 0 saturated heterocycles. The lowest BCUT2D eigenvalue weighted by Gasteiger charge is -2.35. The van der Waals surface area contributed by atoms with Crippen molar-refractivity contribution in [1.29, 1.82) is 0 Å². The van der Waals surface area contributed by atoms with Crippen LogP contribution < -0.4 is 15.5 Å². The third-order valence-electron chi connectivity index (χ3n) is 7.47. The number of benzene rings is 3. The number of phenolic OH excluding ortho intramolecular Hbond substituents is 2. The molecule has 0 bridgehead atoms. The van der Waals surface area contributed by atoms with E-state index in [0.29, 0.717) is 38.0 Å². The summed E-state index contributed by atoms with van der Waals surface area (Å²) in [6.45, 7) is 4.50. The number of rotatable bonds is 4. The van der Waals surface area contributed by atoms with Gasteiger partial charge in [0.1, 0.15) is 11.5 Å². The second-order valence-electron chi connectivity index (χ2n) is 10.1. The highest BCUT2D eigenvalue weighted by Crippen LogP contribution is 2.42. The van der Waals surface area contributed by atoms with E-state index in [9.17, 15) is 19.8 Å². The minimum Gasteiger partial charge on any atom is -0.508 e. The van der Waals surface area contributed by atoms with Crippen LogP contribution in [0.3, 0.4) is 0 Å². The zero-order valence-corrected chi connectivity index (χ0v) is 21.3. The number of anilines is 1. The Balaban J connectivity index is 1.43. The highest BCUT2D eigenvalue weighted by Gasteiger charge is 2.33. The second-order valence-corrected chi connectivity index (χ2v) is 10.1. The predicted octanol–water partition coefficient (Wildman–Crippen LogP) is 3.67. The van der Waals surface area contributed by atoms with E-state index in [1.807, 2.05) is 43.3 Å². The summed E-state index contributed by atoms with van der Waals surface area (Å²) in [4.78, 5) is 27.5. The molecule has 0 aliphatic carbocycles. The zero-order valence-electron chi connectivity index (χ0n) is 21.3. The first-order chi connectivity index (χ1) is 17.8. The van der Waals surface area contributed by atoms with Gasteiger partial charge in [0, 0.05) is 19.0 Å². The molecule has 192 valence electrons. The van der Waals surface area contributed by atoms with Crippen LogP contribution in [0, 0.1) is 6.92 Å². The minimum absolute atomic E-state index is 0.0505. The van der Waals surface area contributed by atoms with Crippen LogP contribution in [-0.4, -0.2) is 41.2 Å². The van der Waals surface area contributed by atoms with E-state index in [1.165, 1.54) is 6.92 Å². The van der Waals surface area contributed by atoms with Crippen molar-refractivity contribution in [2.24, 2.45) is 0 Å². The number of aryl methyl sites for hydroxylation is 1. The molecule has 0 saturated carbocycles. The molecule has 3 aromatic carbocycles. The van der Waals surface area contributed by atoms with Gasteiger partial charge in [-0.1, -0.05) is 36.4 Å². The van der Waals surface area contributed by atoms with Crippen molar-refractivity contribution in [1.82, 2.24) is 10.6 Å². The normalized spacial score (nSPS) is 18.9. The fourth-order valence-electron chi connectivity index (χ4n) is 5.68. The quantitative estimate of drug-likeness (QED) is 0.439. The van der Waals surface area contributed by atoms with E-state index < -0.39 is 6.04 Å². The Morgan fingerprint density at radius 3 is 2.62 bits per heavy atom. The maximum absolute atomic E-state index is 13.5. The number of fused-ring (bicyclic) bond motifs is 2. The summed E-state index contributed by atoms with van der Waals surface area (Å²) >= 11 is 0. The van der Waals surface area contributed by atoms with E-state index in [1.54, 1.807) is 23.1 Å². The molecule has 4 N–H and O–H groups in total. The summed E-state index contributed by atoms with van der Waals surface area (Å²) in [6.07, 6.45) is 2.47. The summed E-state index contributed by atoms with van der Waals surface area (Å²) in [7, 11) is 0. The van der Waals surface area contributed by atoms with Crippen molar-refractivity contribution in [3.63, 3.8) is 0 Å². The number of nitrogens with one attached hydrogen (secondary N) is 2. The highest BCUT2D eigenvalue weighted by molar-refractivity contribution is 5.95. The lowest BCUT2D eigenvalue weighted by Crippen LogP contribution is -2.48. The van der Waals surface area contributed by atoms with Crippen LogP contribution in [-0.2, 0) is 28.9 Å². The van der Waals surface area contributed by atoms with Gasteiger partial charge in [-0.05, 0) is 85.2 Å². The Morgan fingerprint density at radius 2 is 1.86 bits per heavy atom. The average Bonchev–Trinajstić information content (AvgIpc) is 3.08. The van der Waals surface area contributed by atoms with Crippen LogP contribution >= 0.6 is 0 Å². The number of hydrogen-bond acceptors (Lipinski definition) is 5. The zero-order chi connectivity index (χ0) is 26.1. The van der Waals surface area contributed by atoms with Gasteiger partial charge in [0.2, 0.25) is 11.8 Å². The SMILES string of the molecule is CC(=O)N1CC[C@@H](NC(=O)[C@@H]2Cc3c(C)cc(O)cc3CCN2)c2cc(Cc3ccccc3)cc(O)c21. The molecule has 0 fully saturated rings. The van der Waals surface area contributed by atoms with Gasteiger partial charge in [0.05, 0.1) is 17.8 Å². The Kier molecular flexibility index (Phi) is 6.89. The van der Waals surface area contributed by atoms with Crippen molar-refractivity contribution in [2.75, 3.05) is 18.0 Å². The van der Waals surface area contributed by atoms with Gasteiger partial charge >= 0.3 is 0 Å². The molecule has 0 spiro atoms. The lowest BCUT2D eigenvalue weighted by atomic mass is 9.91. The van der Waals surface area contributed by atoms with E-state index in [0.717, 1.165) is 39.8 Å². The molecule has 37 heavy (non-hydrogen) atoms. The Bertz CT molecular complexity index is 1340. The lowest BCUT2D eigenvalue weighted by molar-refractivity contribution is -0.123. The van der Waals surface area contributed by atoms with Crippen LogP contribution in [0.15, 0.2) is 54.6 Å². The average molecular weight is 500 g/mol. The molecular weight excluding hydrogens is 466 g/mol. The first-order valence-electron chi connectivity index (χ1n) is 12.8. The summed E-state index contributed by atoms with van der Waals surface area (Å²) in [5.41, 5.74) is 6.41. The molecule has 5 rings (SSSR count). The van der Waals surface area contributed by atoms with Gasteiger partial charge in [-0.15, -0.1) is 0 Å². The third kappa shape index (κ3) is 5.18. The summed E-state index contributed by atoms with van der Waals surface area (Å²) in [5, 5.41) is 27.6. The van der Waals surface area contributed by atoms with Gasteiger partial charge in [0.15, 0.2) is 0 Å². The maximum Gasteiger partial charge on any atom is 0.237 e. The number of amides is 2. The monoisotopic (exact) mass is 499 g/mol. The van der Waals surface area contributed by atoms with Crippen LogP contribution in [0.25, 0.3) is 0 Å².